The number of anilines is 1. The lowest BCUT2D eigenvalue weighted by Gasteiger charge is -2.26. The summed E-state index contributed by atoms with van der Waals surface area (Å²) >= 11 is 1.27. The normalized spacial score (nSPS) is 16.4. The summed E-state index contributed by atoms with van der Waals surface area (Å²) in [5.74, 6) is -0.852. The number of aliphatic hydroxyl groups excluding tert-OH is 1. The Morgan fingerprint density at radius 3 is 2.62 bits per heavy atom. The molecule has 3 heterocycles. The van der Waals surface area contributed by atoms with E-state index >= 15 is 0 Å². The van der Waals surface area contributed by atoms with Gasteiger partial charge in [0.25, 0.3) is 5.91 Å². The van der Waals surface area contributed by atoms with Crippen LogP contribution >= 0.6 is 11.3 Å². The average Bonchev–Trinajstić information content (AvgIpc) is 3.37. The highest BCUT2D eigenvalue weighted by atomic mass is 32.1. The van der Waals surface area contributed by atoms with E-state index < -0.39 is 17.7 Å². The summed E-state index contributed by atoms with van der Waals surface area (Å²) in [4.78, 5) is 32.2. The van der Waals surface area contributed by atoms with Gasteiger partial charge in [0, 0.05) is 18.1 Å². The molecule has 0 bridgehead atoms. The Kier molecular flexibility index (Phi) is 5.14. The predicted molar refractivity (Wildman–Crippen MR) is 110 cm³/mol. The van der Waals surface area contributed by atoms with Gasteiger partial charge in [-0.2, -0.15) is 0 Å². The first-order valence-corrected chi connectivity index (χ1v) is 9.97. The predicted octanol–water partition coefficient (Wildman–Crippen LogP) is 4.32. The van der Waals surface area contributed by atoms with Gasteiger partial charge in [-0.05, 0) is 54.3 Å². The molecule has 3 aromatic rings. The quantitative estimate of drug-likeness (QED) is 0.617. The fourth-order valence-electron chi connectivity index (χ4n) is 3.37. The lowest BCUT2D eigenvalue weighted by Crippen LogP contribution is -2.31. The highest BCUT2D eigenvalue weighted by molar-refractivity contribution is 7.12. The summed E-state index contributed by atoms with van der Waals surface area (Å²) in [6.45, 7) is 2.42. The zero-order chi connectivity index (χ0) is 20.4. The fourth-order valence-corrected chi connectivity index (χ4v) is 4.04. The van der Waals surface area contributed by atoms with E-state index in [4.69, 9.17) is 4.74 Å². The first-order valence-electron chi connectivity index (χ1n) is 9.09. The van der Waals surface area contributed by atoms with Crippen LogP contribution in [0.4, 0.5) is 5.69 Å². The molecule has 0 radical (unpaired) electrons. The monoisotopic (exact) mass is 406 g/mol. The number of ether oxygens (including phenoxy) is 1. The third-order valence-electron chi connectivity index (χ3n) is 4.62. The molecule has 1 aliphatic heterocycles. The van der Waals surface area contributed by atoms with Gasteiger partial charge in [0.1, 0.15) is 5.75 Å². The molecule has 0 spiro atoms. The number of amides is 1. The summed E-state index contributed by atoms with van der Waals surface area (Å²) in [5, 5.41) is 12.4. The zero-order valence-corrected chi connectivity index (χ0v) is 16.4. The maximum Gasteiger partial charge on any atom is 0.294 e. The molecule has 1 amide bonds. The molecular formula is C22H18N2O4S. The van der Waals surface area contributed by atoms with Crippen molar-refractivity contribution in [3.8, 4) is 5.75 Å². The summed E-state index contributed by atoms with van der Waals surface area (Å²) in [6, 6.07) is 13.2. The van der Waals surface area contributed by atoms with E-state index in [2.05, 4.69) is 4.98 Å². The van der Waals surface area contributed by atoms with E-state index in [1.54, 1.807) is 66.3 Å². The van der Waals surface area contributed by atoms with E-state index in [1.807, 2.05) is 6.92 Å². The molecular weight excluding hydrogens is 388 g/mol. The first kappa shape index (κ1) is 18.9. The molecule has 0 fully saturated rings. The second kappa shape index (κ2) is 7.89. The van der Waals surface area contributed by atoms with Gasteiger partial charge in [0.2, 0.25) is 5.78 Å². The molecule has 0 saturated heterocycles. The number of nitrogens with zero attached hydrogens (tertiary/aromatic N) is 2. The highest BCUT2D eigenvalue weighted by Crippen LogP contribution is 2.42. The molecule has 0 saturated carbocycles. The Bertz CT molecular complexity index is 1060. The molecule has 0 aliphatic carbocycles. The molecule has 7 heteroatoms. The number of benzene rings is 1. The van der Waals surface area contributed by atoms with Crippen molar-refractivity contribution in [2.24, 2.45) is 0 Å². The van der Waals surface area contributed by atoms with Crippen LogP contribution in [0.25, 0.3) is 0 Å². The number of thiophene rings is 1. The number of rotatable bonds is 6. The summed E-state index contributed by atoms with van der Waals surface area (Å²) in [5.41, 5.74) is 1.24. The number of hydrogen-bond acceptors (Lipinski definition) is 6. The van der Waals surface area contributed by atoms with Crippen LogP contribution in [-0.2, 0) is 4.79 Å². The Balaban J connectivity index is 1.81. The van der Waals surface area contributed by atoms with Crippen molar-refractivity contribution in [2.45, 2.75) is 13.0 Å². The van der Waals surface area contributed by atoms with Gasteiger partial charge < -0.3 is 9.84 Å². The molecule has 1 atom stereocenters. The topological polar surface area (TPSA) is 79.7 Å². The summed E-state index contributed by atoms with van der Waals surface area (Å²) in [7, 11) is 0. The van der Waals surface area contributed by atoms with Crippen molar-refractivity contribution in [1.29, 1.82) is 0 Å². The van der Waals surface area contributed by atoms with Gasteiger partial charge in [0.05, 0.1) is 23.1 Å². The molecule has 29 heavy (non-hydrogen) atoms. The summed E-state index contributed by atoms with van der Waals surface area (Å²) < 4.78 is 5.47. The van der Waals surface area contributed by atoms with Crippen LogP contribution in [0.3, 0.4) is 0 Å². The van der Waals surface area contributed by atoms with Crippen molar-refractivity contribution in [3.63, 3.8) is 0 Å². The zero-order valence-electron chi connectivity index (χ0n) is 15.6. The second-order valence-corrected chi connectivity index (χ2v) is 7.31. The smallest absolute Gasteiger partial charge is 0.294 e. The maximum absolute atomic E-state index is 13.1. The number of pyridine rings is 1. The lowest BCUT2D eigenvalue weighted by atomic mass is 9.96. The number of carbonyl (C=O) groups is 2. The molecule has 1 aliphatic rings. The van der Waals surface area contributed by atoms with Gasteiger partial charge in [-0.3, -0.25) is 19.5 Å². The first-order chi connectivity index (χ1) is 14.1. The average molecular weight is 406 g/mol. The molecule has 4 rings (SSSR count). The van der Waals surface area contributed by atoms with Crippen molar-refractivity contribution in [2.75, 3.05) is 11.5 Å². The third-order valence-corrected chi connectivity index (χ3v) is 5.49. The van der Waals surface area contributed by atoms with Crippen LogP contribution in [0.5, 0.6) is 5.75 Å². The Morgan fingerprint density at radius 1 is 1.21 bits per heavy atom. The minimum atomic E-state index is -0.774. The van der Waals surface area contributed by atoms with Gasteiger partial charge in [-0.1, -0.05) is 12.1 Å². The fraction of sp³-hybridized carbons (Fsp3) is 0.136. The van der Waals surface area contributed by atoms with Gasteiger partial charge in [-0.15, -0.1) is 11.3 Å². The molecule has 2 aromatic heterocycles. The molecule has 1 N–H and O–H groups in total. The van der Waals surface area contributed by atoms with E-state index in [0.29, 0.717) is 28.5 Å². The Morgan fingerprint density at radius 2 is 2.00 bits per heavy atom. The van der Waals surface area contributed by atoms with Crippen LogP contribution in [0.15, 0.2) is 77.6 Å². The molecule has 1 unspecified atom stereocenters. The van der Waals surface area contributed by atoms with Gasteiger partial charge in [-0.25, -0.2) is 0 Å². The van der Waals surface area contributed by atoms with Gasteiger partial charge >= 0.3 is 0 Å². The number of aromatic nitrogens is 1. The number of ketones is 1. The standard InChI is InChI=1S/C22H18N2O4S/c1-2-28-16-9-7-15(8-10-16)24-19(14-5-3-11-23-13-14)18(21(26)22(24)27)20(25)17-6-4-12-29-17/h3-13,19,26H,2H2,1H3. The molecule has 1 aromatic carbocycles. The number of hydrogen-bond donors (Lipinski definition) is 1. The number of Topliss-reactive ketones (excluding diaryl/α,β-unsaturated/α-hetero) is 1. The Labute approximate surface area is 171 Å². The van der Waals surface area contributed by atoms with Crippen molar-refractivity contribution >= 4 is 28.7 Å². The largest absolute Gasteiger partial charge is 0.503 e. The van der Waals surface area contributed by atoms with E-state index in [9.17, 15) is 14.7 Å². The highest BCUT2D eigenvalue weighted by Gasteiger charge is 2.44. The molecule has 146 valence electrons. The minimum Gasteiger partial charge on any atom is -0.503 e. The third kappa shape index (κ3) is 3.40. The van der Waals surface area contributed by atoms with E-state index in [1.165, 1.54) is 16.2 Å². The van der Waals surface area contributed by atoms with Crippen LogP contribution in [0.2, 0.25) is 0 Å². The van der Waals surface area contributed by atoms with Crippen LogP contribution < -0.4 is 9.64 Å². The van der Waals surface area contributed by atoms with Crippen LogP contribution in [-0.4, -0.2) is 28.4 Å². The second-order valence-electron chi connectivity index (χ2n) is 6.36. The van der Waals surface area contributed by atoms with Crippen LogP contribution in [0, 0.1) is 0 Å². The summed E-state index contributed by atoms with van der Waals surface area (Å²) in [6.07, 6.45) is 3.21. The van der Waals surface area contributed by atoms with Crippen molar-refractivity contribution in [3.05, 3.63) is 88.1 Å². The molecule has 6 nitrogen and oxygen atoms in total. The minimum absolute atomic E-state index is 0.0549. The number of aliphatic hydroxyl groups is 1. The SMILES string of the molecule is CCOc1ccc(N2C(=O)C(O)=C(C(=O)c3cccs3)C2c2cccnc2)cc1. The Hall–Kier alpha value is -3.45. The number of carbonyl (C=O) groups excluding carboxylic acids is 2. The van der Waals surface area contributed by atoms with Crippen LogP contribution in [0.1, 0.15) is 28.2 Å². The van der Waals surface area contributed by atoms with E-state index in [-0.39, 0.29) is 11.4 Å². The maximum atomic E-state index is 13.1. The van der Waals surface area contributed by atoms with Gasteiger partial charge in [0.15, 0.2) is 5.76 Å². The lowest BCUT2D eigenvalue weighted by molar-refractivity contribution is -0.117. The van der Waals surface area contributed by atoms with Crippen molar-refractivity contribution in [1.82, 2.24) is 4.98 Å². The van der Waals surface area contributed by atoms with Crippen molar-refractivity contribution < 1.29 is 19.4 Å². The van der Waals surface area contributed by atoms with E-state index in [0.717, 1.165) is 0 Å².